The lowest BCUT2D eigenvalue weighted by Gasteiger charge is -2.07. The fourth-order valence-electron chi connectivity index (χ4n) is 2.04. The highest BCUT2D eigenvalue weighted by Gasteiger charge is 2.13. The molecule has 0 amide bonds. The average Bonchev–Trinajstić information content (AvgIpc) is 2.97. The maximum atomic E-state index is 11.2. The Morgan fingerprint density at radius 2 is 2.10 bits per heavy atom. The van der Waals surface area contributed by atoms with Gasteiger partial charge in [0.15, 0.2) is 6.29 Å². The molecule has 0 aliphatic heterocycles. The van der Waals surface area contributed by atoms with Crippen molar-refractivity contribution in [2.45, 2.75) is 6.92 Å². The third-order valence-corrected chi connectivity index (χ3v) is 3.29. The molecular formula is C15H11ClN4O. The van der Waals surface area contributed by atoms with Crippen LogP contribution in [-0.2, 0) is 0 Å². The van der Waals surface area contributed by atoms with Crippen molar-refractivity contribution in [2.75, 3.05) is 0 Å². The molecule has 0 radical (unpaired) electrons. The van der Waals surface area contributed by atoms with Gasteiger partial charge in [0.25, 0.3) is 0 Å². The Labute approximate surface area is 126 Å². The first-order chi connectivity index (χ1) is 10.2. The van der Waals surface area contributed by atoms with Crippen LogP contribution in [0.2, 0.25) is 5.15 Å². The summed E-state index contributed by atoms with van der Waals surface area (Å²) in [6.45, 7) is 1.81. The van der Waals surface area contributed by atoms with Crippen molar-refractivity contribution in [3.8, 4) is 17.1 Å². The van der Waals surface area contributed by atoms with Gasteiger partial charge in [-0.1, -0.05) is 17.7 Å². The van der Waals surface area contributed by atoms with Crippen molar-refractivity contribution in [3.05, 3.63) is 59.1 Å². The van der Waals surface area contributed by atoms with Crippen LogP contribution in [0, 0.1) is 6.92 Å². The number of aromatic nitrogens is 4. The van der Waals surface area contributed by atoms with Crippen molar-refractivity contribution < 1.29 is 4.79 Å². The minimum atomic E-state index is 0.176. The number of halogens is 1. The molecule has 6 heteroatoms. The number of nitrogens with zero attached hydrogens (tertiary/aromatic N) is 4. The van der Waals surface area contributed by atoms with E-state index in [2.05, 4.69) is 15.1 Å². The molecule has 0 aliphatic rings. The van der Waals surface area contributed by atoms with Gasteiger partial charge in [-0.15, -0.1) is 0 Å². The number of aryl methyl sites for hydroxylation is 1. The molecule has 5 nitrogen and oxygen atoms in total. The number of pyridine rings is 2. The Hall–Kier alpha value is -2.53. The van der Waals surface area contributed by atoms with Crippen LogP contribution < -0.4 is 0 Å². The molecule has 0 aliphatic carbocycles. The van der Waals surface area contributed by atoms with Gasteiger partial charge in [0.1, 0.15) is 10.8 Å². The van der Waals surface area contributed by atoms with Crippen LogP contribution in [-0.4, -0.2) is 26.0 Å². The molecule has 0 spiro atoms. The van der Waals surface area contributed by atoms with Crippen molar-refractivity contribution in [1.29, 1.82) is 0 Å². The summed E-state index contributed by atoms with van der Waals surface area (Å²) >= 11 is 6.01. The third kappa shape index (κ3) is 2.55. The van der Waals surface area contributed by atoms with Crippen LogP contribution in [0.5, 0.6) is 0 Å². The lowest BCUT2D eigenvalue weighted by Crippen LogP contribution is -2.03. The number of hydrogen-bond donors (Lipinski definition) is 0. The van der Waals surface area contributed by atoms with Gasteiger partial charge < -0.3 is 0 Å². The first kappa shape index (κ1) is 13.5. The van der Waals surface area contributed by atoms with E-state index in [9.17, 15) is 4.79 Å². The molecule has 0 saturated heterocycles. The molecule has 0 N–H and O–H groups in total. The predicted molar refractivity (Wildman–Crippen MR) is 79.7 cm³/mol. The zero-order valence-corrected chi connectivity index (χ0v) is 11.9. The van der Waals surface area contributed by atoms with Crippen LogP contribution in [0.25, 0.3) is 17.1 Å². The van der Waals surface area contributed by atoms with Crippen LogP contribution in [0.4, 0.5) is 0 Å². The Bertz CT molecular complexity index is 799. The topological polar surface area (TPSA) is 60.7 Å². The second-order valence-electron chi connectivity index (χ2n) is 4.47. The van der Waals surface area contributed by atoms with E-state index in [1.807, 2.05) is 31.2 Å². The highest BCUT2D eigenvalue weighted by molar-refractivity contribution is 6.32. The second-order valence-corrected chi connectivity index (χ2v) is 4.82. The molecule has 0 fully saturated rings. The third-order valence-electron chi connectivity index (χ3n) is 3.00. The van der Waals surface area contributed by atoms with E-state index in [1.165, 1.54) is 0 Å². The molecule has 3 rings (SSSR count). The van der Waals surface area contributed by atoms with Gasteiger partial charge in [0.2, 0.25) is 0 Å². The van der Waals surface area contributed by atoms with E-state index in [0.717, 1.165) is 17.1 Å². The fraction of sp³-hybridized carbons (Fsp3) is 0.0667. The first-order valence-electron chi connectivity index (χ1n) is 6.29. The van der Waals surface area contributed by atoms with Gasteiger partial charge in [-0.2, -0.15) is 5.10 Å². The average molecular weight is 299 g/mol. The van der Waals surface area contributed by atoms with Gasteiger partial charge >= 0.3 is 0 Å². The summed E-state index contributed by atoms with van der Waals surface area (Å²) in [4.78, 5) is 19.6. The van der Waals surface area contributed by atoms with E-state index >= 15 is 0 Å². The maximum Gasteiger partial charge on any atom is 0.155 e. The smallest absolute Gasteiger partial charge is 0.155 e. The van der Waals surface area contributed by atoms with E-state index < -0.39 is 0 Å². The van der Waals surface area contributed by atoms with E-state index in [4.69, 9.17) is 11.6 Å². The molecule has 0 unspecified atom stereocenters. The quantitative estimate of drug-likeness (QED) is 0.550. The Balaban J connectivity index is 2.11. The number of rotatable bonds is 3. The van der Waals surface area contributed by atoms with Crippen LogP contribution in [0.15, 0.2) is 42.7 Å². The SMILES string of the molecule is Cc1cc(-n2ccc(-c3ccccn3)n2)c(C=O)c(Cl)n1. The summed E-state index contributed by atoms with van der Waals surface area (Å²) in [5.41, 5.74) is 3.12. The number of carbonyl (C=O) groups is 1. The minimum Gasteiger partial charge on any atom is -0.298 e. The summed E-state index contributed by atoms with van der Waals surface area (Å²) in [6, 6.07) is 9.21. The zero-order valence-electron chi connectivity index (χ0n) is 11.2. The van der Waals surface area contributed by atoms with Crippen molar-refractivity contribution in [1.82, 2.24) is 19.7 Å². The summed E-state index contributed by atoms with van der Waals surface area (Å²) in [5.74, 6) is 0. The lowest BCUT2D eigenvalue weighted by atomic mass is 10.2. The van der Waals surface area contributed by atoms with Crippen LogP contribution in [0.1, 0.15) is 16.1 Å². The molecule has 0 saturated carbocycles. The molecule has 0 atom stereocenters. The molecule has 0 bridgehead atoms. The molecule has 104 valence electrons. The Kier molecular flexibility index (Phi) is 3.50. The number of carbonyl (C=O) groups excluding carboxylic acids is 1. The van der Waals surface area contributed by atoms with E-state index in [-0.39, 0.29) is 5.15 Å². The highest BCUT2D eigenvalue weighted by Crippen LogP contribution is 2.22. The first-order valence-corrected chi connectivity index (χ1v) is 6.66. The minimum absolute atomic E-state index is 0.176. The second kappa shape index (κ2) is 5.46. The molecule has 21 heavy (non-hydrogen) atoms. The van der Waals surface area contributed by atoms with Gasteiger partial charge in [-0.05, 0) is 31.2 Å². The van der Waals surface area contributed by atoms with Crippen molar-refractivity contribution in [2.24, 2.45) is 0 Å². The van der Waals surface area contributed by atoms with Crippen molar-refractivity contribution in [3.63, 3.8) is 0 Å². The Morgan fingerprint density at radius 1 is 1.24 bits per heavy atom. The van der Waals surface area contributed by atoms with E-state index in [0.29, 0.717) is 17.5 Å². The number of aldehydes is 1. The molecule has 0 aromatic carbocycles. The van der Waals surface area contributed by atoms with Gasteiger partial charge in [0, 0.05) is 18.1 Å². The molecule has 3 heterocycles. The normalized spacial score (nSPS) is 10.6. The fourth-order valence-corrected chi connectivity index (χ4v) is 2.31. The molecular weight excluding hydrogens is 288 g/mol. The highest BCUT2D eigenvalue weighted by atomic mass is 35.5. The summed E-state index contributed by atoms with van der Waals surface area (Å²) in [6.07, 6.45) is 4.16. The predicted octanol–water partition coefficient (Wildman–Crippen LogP) is 3.10. The maximum absolute atomic E-state index is 11.2. The molecule has 3 aromatic heterocycles. The standard InChI is InChI=1S/C15H11ClN4O/c1-10-8-14(11(9-21)15(16)18-10)20-7-5-13(19-20)12-4-2-3-6-17-12/h2-9H,1H3. The summed E-state index contributed by atoms with van der Waals surface area (Å²) in [7, 11) is 0. The summed E-state index contributed by atoms with van der Waals surface area (Å²) < 4.78 is 1.61. The molecule has 3 aromatic rings. The van der Waals surface area contributed by atoms with Crippen LogP contribution >= 0.6 is 11.6 Å². The number of hydrogen-bond acceptors (Lipinski definition) is 4. The van der Waals surface area contributed by atoms with Crippen LogP contribution in [0.3, 0.4) is 0 Å². The zero-order chi connectivity index (χ0) is 14.8. The summed E-state index contributed by atoms with van der Waals surface area (Å²) in [5, 5.41) is 4.63. The van der Waals surface area contributed by atoms with E-state index in [1.54, 1.807) is 23.1 Å². The Morgan fingerprint density at radius 3 is 2.81 bits per heavy atom. The lowest BCUT2D eigenvalue weighted by molar-refractivity contribution is 0.112. The van der Waals surface area contributed by atoms with Gasteiger partial charge in [-0.25, -0.2) is 9.67 Å². The largest absolute Gasteiger partial charge is 0.298 e. The van der Waals surface area contributed by atoms with Gasteiger partial charge in [0.05, 0.1) is 16.9 Å². The monoisotopic (exact) mass is 298 g/mol. The van der Waals surface area contributed by atoms with Gasteiger partial charge in [-0.3, -0.25) is 9.78 Å². The van der Waals surface area contributed by atoms with Crippen molar-refractivity contribution >= 4 is 17.9 Å².